The maximum Gasteiger partial charge on any atom is 0.273 e. The third-order valence-electron chi connectivity index (χ3n) is 2.16. The molecule has 2 N–H and O–H groups in total. The molecule has 3 aromatic heterocycles. The van der Waals surface area contributed by atoms with Crippen LogP contribution >= 0.6 is 0 Å². The van der Waals surface area contributed by atoms with Crippen LogP contribution in [-0.4, -0.2) is 25.0 Å². The van der Waals surface area contributed by atoms with Crippen molar-refractivity contribution in [2.24, 2.45) is 0 Å². The van der Waals surface area contributed by atoms with E-state index in [2.05, 4.69) is 20.3 Å². The number of hydrogen-bond donors (Lipinski definition) is 2. The van der Waals surface area contributed by atoms with E-state index in [1.54, 1.807) is 29.2 Å². The summed E-state index contributed by atoms with van der Waals surface area (Å²) in [5, 5.41) is 9.78. The van der Waals surface area contributed by atoms with E-state index in [1.165, 1.54) is 0 Å². The summed E-state index contributed by atoms with van der Waals surface area (Å²) in [6.45, 7) is 0. The number of rotatable bonds is 1. The lowest BCUT2D eigenvalue weighted by Crippen LogP contribution is -1.99. The molecule has 0 aliphatic rings. The highest BCUT2D eigenvalue weighted by atomic mass is 16.1. The number of aromatic nitrogens is 5. The Morgan fingerprint density at radius 2 is 2.20 bits per heavy atom. The first-order chi connectivity index (χ1) is 7.34. The zero-order valence-electron chi connectivity index (χ0n) is 7.64. The number of hydrogen-bond acceptors (Lipinski definition) is 3. The van der Waals surface area contributed by atoms with E-state index in [9.17, 15) is 4.79 Å². The summed E-state index contributed by atoms with van der Waals surface area (Å²) in [5.74, 6) is 0.669. The van der Waals surface area contributed by atoms with Gasteiger partial charge in [0.1, 0.15) is 0 Å². The van der Waals surface area contributed by atoms with Crippen LogP contribution in [0.25, 0.3) is 16.9 Å². The van der Waals surface area contributed by atoms with Gasteiger partial charge in [-0.25, -0.2) is 9.67 Å². The second-order valence-corrected chi connectivity index (χ2v) is 3.10. The summed E-state index contributed by atoms with van der Waals surface area (Å²) in [4.78, 5) is 15.5. The maximum atomic E-state index is 11.2. The van der Waals surface area contributed by atoms with Crippen molar-refractivity contribution in [3.05, 3.63) is 40.9 Å². The van der Waals surface area contributed by atoms with Crippen LogP contribution in [0, 0.1) is 0 Å². The summed E-state index contributed by atoms with van der Waals surface area (Å²) in [5.41, 5.74) is 0.373. The van der Waals surface area contributed by atoms with Gasteiger partial charge in [0.15, 0.2) is 11.5 Å². The highest BCUT2D eigenvalue weighted by molar-refractivity contribution is 5.74. The number of H-pyrrole nitrogens is 2. The Balaban J connectivity index is 2.27. The molecule has 0 saturated heterocycles. The molecule has 0 aromatic carbocycles. The van der Waals surface area contributed by atoms with Gasteiger partial charge in [0, 0.05) is 12.4 Å². The predicted octanol–water partition coefficient (Wildman–Crippen LogP) is 0.437. The van der Waals surface area contributed by atoms with Crippen LogP contribution in [0.3, 0.4) is 0 Å². The molecule has 15 heavy (non-hydrogen) atoms. The number of pyridine rings is 1. The Labute approximate surface area is 83.6 Å². The van der Waals surface area contributed by atoms with Crippen LogP contribution in [0.4, 0.5) is 0 Å². The molecule has 0 unspecified atom stereocenters. The highest BCUT2D eigenvalue weighted by Crippen LogP contribution is 2.07. The van der Waals surface area contributed by atoms with Crippen molar-refractivity contribution >= 4 is 11.0 Å². The maximum absolute atomic E-state index is 11.2. The lowest BCUT2D eigenvalue weighted by Gasteiger charge is -1.98. The molecule has 0 atom stereocenters. The molecule has 6 heteroatoms. The van der Waals surface area contributed by atoms with Crippen molar-refractivity contribution < 1.29 is 0 Å². The Hall–Kier alpha value is -2.37. The first kappa shape index (κ1) is 7.98. The summed E-state index contributed by atoms with van der Waals surface area (Å²) >= 11 is 0. The van der Waals surface area contributed by atoms with Crippen molar-refractivity contribution in [1.29, 1.82) is 0 Å². The van der Waals surface area contributed by atoms with E-state index < -0.39 is 0 Å². The summed E-state index contributed by atoms with van der Waals surface area (Å²) in [6, 6.07) is 5.28. The third-order valence-corrected chi connectivity index (χ3v) is 2.16. The van der Waals surface area contributed by atoms with Crippen molar-refractivity contribution in [3.8, 4) is 5.82 Å². The molecular formula is C9H7N5O. The molecule has 0 aliphatic carbocycles. The van der Waals surface area contributed by atoms with Gasteiger partial charge in [-0.1, -0.05) is 0 Å². The van der Waals surface area contributed by atoms with Crippen molar-refractivity contribution in [3.63, 3.8) is 0 Å². The van der Waals surface area contributed by atoms with Gasteiger partial charge in [-0.15, -0.1) is 0 Å². The Morgan fingerprint density at radius 1 is 1.27 bits per heavy atom. The average Bonchev–Trinajstić information content (AvgIpc) is 2.88. The van der Waals surface area contributed by atoms with Gasteiger partial charge in [-0.05, 0) is 18.2 Å². The molecule has 3 heterocycles. The SMILES string of the molecule is O=c1[nH][nH]c2nc(-n3cccn3)ccc12. The van der Waals surface area contributed by atoms with Crippen molar-refractivity contribution in [1.82, 2.24) is 25.0 Å². The quantitative estimate of drug-likeness (QED) is 0.599. The van der Waals surface area contributed by atoms with Gasteiger partial charge in [0.05, 0.1) is 5.39 Å². The molecule has 6 nitrogen and oxygen atoms in total. The molecule has 0 saturated carbocycles. The van der Waals surface area contributed by atoms with E-state index in [-0.39, 0.29) is 5.56 Å². The molecule has 3 aromatic rings. The molecular weight excluding hydrogens is 194 g/mol. The summed E-state index contributed by atoms with van der Waals surface area (Å²) in [6.07, 6.45) is 3.46. The van der Waals surface area contributed by atoms with Gasteiger partial charge >= 0.3 is 0 Å². The largest absolute Gasteiger partial charge is 0.281 e. The lowest BCUT2D eigenvalue weighted by molar-refractivity contribution is 0.850. The van der Waals surface area contributed by atoms with E-state index >= 15 is 0 Å². The Morgan fingerprint density at radius 3 is 3.00 bits per heavy atom. The van der Waals surface area contributed by atoms with Crippen LogP contribution in [-0.2, 0) is 0 Å². The fourth-order valence-electron chi connectivity index (χ4n) is 1.44. The monoisotopic (exact) mass is 201 g/mol. The fourth-order valence-corrected chi connectivity index (χ4v) is 1.44. The average molecular weight is 201 g/mol. The molecule has 0 radical (unpaired) electrons. The summed E-state index contributed by atoms with van der Waals surface area (Å²) < 4.78 is 1.63. The van der Waals surface area contributed by atoms with Crippen LogP contribution in [0.5, 0.6) is 0 Å². The first-order valence-corrected chi connectivity index (χ1v) is 4.42. The minimum atomic E-state index is -0.162. The third kappa shape index (κ3) is 1.15. The smallest absolute Gasteiger partial charge is 0.273 e. The van der Waals surface area contributed by atoms with Crippen LogP contribution < -0.4 is 5.56 Å². The standard InChI is InChI=1S/C9H7N5O/c15-9-6-2-3-7(11-8(6)12-13-9)14-5-1-4-10-14/h1-5H,(H2,11,12,13,15). The second kappa shape index (κ2) is 2.81. The van der Waals surface area contributed by atoms with Crippen LogP contribution in [0.1, 0.15) is 0 Å². The van der Waals surface area contributed by atoms with E-state index in [0.29, 0.717) is 16.9 Å². The van der Waals surface area contributed by atoms with Gasteiger partial charge < -0.3 is 0 Å². The summed E-state index contributed by atoms with van der Waals surface area (Å²) in [7, 11) is 0. The normalized spacial score (nSPS) is 10.9. The fraction of sp³-hybridized carbons (Fsp3) is 0. The topological polar surface area (TPSA) is 79.4 Å². The molecule has 74 valence electrons. The Bertz CT molecular complexity index is 649. The van der Waals surface area contributed by atoms with Crippen molar-refractivity contribution in [2.75, 3.05) is 0 Å². The van der Waals surface area contributed by atoms with Gasteiger partial charge in [-0.2, -0.15) is 5.10 Å². The first-order valence-electron chi connectivity index (χ1n) is 4.42. The molecule has 0 bridgehead atoms. The minimum absolute atomic E-state index is 0.162. The predicted molar refractivity (Wildman–Crippen MR) is 53.8 cm³/mol. The van der Waals surface area contributed by atoms with E-state index in [0.717, 1.165) is 0 Å². The molecule has 0 aliphatic heterocycles. The number of aromatic amines is 2. The lowest BCUT2D eigenvalue weighted by atomic mass is 10.3. The molecule has 0 spiro atoms. The molecule has 0 amide bonds. The van der Waals surface area contributed by atoms with Crippen molar-refractivity contribution in [2.45, 2.75) is 0 Å². The number of nitrogens with one attached hydrogen (secondary N) is 2. The molecule has 0 fully saturated rings. The van der Waals surface area contributed by atoms with Gasteiger partial charge in [0.25, 0.3) is 5.56 Å². The van der Waals surface area contributed by atoms with Crippen LogP contribution in [0.15, 0.2) is 35.4 Å². The number of fused-ring (bicyclic) bond motifs is 1. The van der Waals surface area contributed by atoms with Crippen LogP contribution in [0.2, 0.25) is 0 Å². The molecule has 3 rings (SSSR count). The zero-order chi connectivity index (χ0) is 10.3. The van der Waals surface area contributed by atoms with Gasteiger partial charge in [0.2, 0.25) is 0 Å². The Kier molecular flexibility index (Phi) is 1.49. The number of nitrogens with zero attached hydrogens (tertiary/aromatic N) is 3. The van der Waals surface area contributed by atoms with E-state index in [4.69, 9.17) is 0 Å². The minimum Gasteiger partial charge on any atom is -0.281 e. The highest BCUT2D eigenvalue weighted by Gasteiger charge is 2.04. The second-order valence-electron chi connectivity index (χ2n) is 3.10. The van der Waals surface area contributed by atoms with E-state index in [1.807, 2.05) is 6.07 Å². The zero-order valence-corrected chi connectivity index (χ0v) is 7.64. The van der Waals surface area contributed by atoms with Gasteiger partial charge in [-0.3, -0.25) is 15.0 Å².